The van der Waals surface area contributed by atoms with E-state index in [9.17, 15) is 0 Å². The highest BCUT2D eigenvalue weighted by Crippen LogP contribution is 2.38. The first-order valence-electron chi connectivity index (χ1n) is 13.8. The Kier molecular flexibility index (Phi) is 10.8. The van der Waals surface area contributed by atoms with Crippen molar-refractivity contribution < 1.29 is 0 Å². The lowest BCUT2D eigenvalue weighted by Crippen LogP contribution is -2.18. The topological polar surface area (TPSA) is 0 Å². The fourth-order valence-electron chi connectivity index (χ4n) is 6.32. The monoisotopic (exact) mass is 410 g/mol. The van der Waals surface area contributed by atoms with Crippen LogP contribution in [0.25, 0.3) is 0 Å². The fourth-order valence-corrected chi connectivity index (χ4v) is 6.32. The van der Waals surface area contributed by atoms with Crippen molar-refractivity contribution in [3.63, 3.8) is 0 Å². The summed E-state index contributed by atoms with van der Waals surface area (Å²) in [5.41, 5.74) is 3.10. The molecule has 0 nitrogen and oxygen atoms in total. The molecule has 0 unspecified atom stereocenters. The highest BCUT2D eigenvalue weighted by molar-refractivity contribution is 5.22. The number of hydrogen-bond acceptors (Lipinski definition) is 0. The summed E-state index contributed by atoms with van der Waals surface area (Å²) in [5.74, 6) is 4.19. The zero-order valence-corrected chi connectivity index (χ0v) is 20.3. The molecule has 2 saturated carbocycles. The van der Waals surface area contributed by atoms with Crippen LogP contribution >= 0.6 is 0 Å². The standard InChI is InChI=1S/C30H50/c1-3-5-6-8-26-11-15-28(16-12-26)18-20-30-23-21-29(22-24-30)19-17-27-13-9-25(7-4-2)10-14-27/h11-12,15-16,25,27,29-30H,3-10,13-14,17-24H2,1-2H3/t25-,27-,29-,30-. The van der Waals surface area contributed by atoms with Gasteiger partial charge in [-0.3, -0.25) is 0 Å². The van der Waals surface area contributed by atoms with Crippen molar-refractivity contribution in [3.8, 4) is 0 Å². The van der Waals surface area contributed by atoms with Gasteiger partial charge in [0.1, 0.15) is 0 Å². The molecule has 0 amide bonds. The van der Waals surface area contributed by atoms with Crippen molar-refractivity contribution in [2.75, 3.05) is 0 Å². The molecular weight excluding hydrogens is 360 g/mol. The molecule has 30 heavy (non-hydrogen) atoms. The lowest BCUT2D eigenvalue weighted by Gasteiger charge is -2.32. The van der Waals surface area contributed by atoms with E-state index >= 15 is 0 Å². The zero-order chi connectivity index (χ0) is 21.0. The minimum atomic E-state index is 0.995. The van der Waals surface area contributed by atoms with E-state index in [1.807, 2.05) is 0 Å². The molecule has 170 valence electrons. The molecule has 0 saturated heterocycles. The van der Waals surface area contributed by atoms with E-state index in [0.29, 0.717) is 0 Å². The molecule has 0 N–H and O–H groups in total. The molecule has 1 aromatic carbocycles. The van der Waals surface area contributed by atoms with E-state index in [4.69, 9.17) is 0 Å². The van der Waals surface area contributed by atoms with Crippen molar-refractivity contribution in [2.45, 2.75) is 129 Å². The molecule has 3 rings (SSSR count). The van der Waals surface area contributed by atoms with Gasteiger partial charge in [0.25, 0.3) is 0 Å². The third-order valence-corrected chi connectivity index (χ3v) is 8.55. The molecule has 0 aromatic heterocycles. The van der Waals surface area contributed by atoms with E-state index < -0.39 is 0 Å². The molecule has 2 fully saturated rings. The number of rotatable bonds is 12. The van der Waals surface area contributed by atoms with E-state index in [1.165, 1.54) is 115 Å². The molecule has 0 atom stereocenters. The maximum absolute atomic E-state index is 2.40. The molecule has 0 aliphatic heterocycles. The van der Waals surface area contributed by atoms with Crippen LogP contribution in [0.3, 0.4) is 0 Å². The molecule has 0 heteroatoms. The van der Waals surface area contributed by atoms with Crippen LogP contribution in [0.1, 0.15) is 128 Å². The Balaban J connectivity index is 1.26. The summed E-state index contributed by atoms with van der Waals surface area (Å²) >= 11 is 0. The van der Waals surface area contributed by atoms with Gasteiger partial charge in [-0.2, -0.15) is 0 Å². The van der Waals surface area contributed by atoms with Crippen molar-refractivity contribution in [1.29, 1.82) is 0 Å². The summed E-state index contributed by atoms with van der Waals surface area (Å²) in [4.78, 5) is 0. The molecule has 0 bridgehead atoms. The summed E-state index contributed by atoms with van der Waals surface area (Å²) in [6, 6.07) is 9.58. The fraction of sp³-hybridized carbons (Fsp3) is 0.800. The molecular formula is C30H50. The van der Waals surface area contributed by atoms with E-state index in [-0.39, 0.29) is 0 Å². The SMILES string of the molecule is CCCCCc1ccc(CC[C@H]2CC[C@H](CC[C@H]3CC[C@H](CCC)CC3)CC2)cc1. The smallest absolute Gasteiger partial charge is 0.0276 e. The molecule has 2 aliphatic rings. The van der Waals surface area contributed by atoms with Gasteiger partial charge >= 0.3 is 0 Å². The third kappa shape index (κ3) is 8.39. The maximum atomic E-state index is 2.40. The minimum absolute atomic E-state index is 0.995. The van der Waals surface area contributed by atoms with Crippen LogP contribution in [-0.2, 0) is 12.8 Å². The van der Waals surface area contributed by atoms with Crippen molar-refractivity contribution in [3.05, 3.63) is 35.4 Å². The normalized spacial score (nSPS) is 27.3. The number of hydrogen-bond donors (Lipinski definition) is 0. The zero-order valence-electron chi connectivity index (χ0n) is 20.3. The summed E-state index contributed by atoms with van der Waals surface area (Å²) in [5, 5.41) is 0. The predicted molar refractivity (Wildman–Crippen MR) is 133 cm³/mol. The number of aryl methyl sites for hydroxylation is 2. The Hall–Kier alpha value is -0.780. The Morgan fingerprint density at radius 1 is 0.500 bits per heavy atom. The van der Waals surface area contributed by atoms with Gasteiger partial charge in [0.15, 0.2) is 0 Å². The molecule has 0 spiro atoms. The second kappa shape index (κ2) is 13.6. The quantitative estimate of drug-likeness (QED) is 0.301. The number of benzene rings is 1. The lowest BCUT2D eigenvalue weighted by atomic mass is 9.74. The Morgan fingerprint density at radius 2 is 0.933 bits per heavy atom. The van der Waals surface area contributed by atoms with Gasteiger partial charge in [0.05, 0.1) is 0 Å². The van der Waals surface area contributed by atoms with Gasteiger partial charge in [-0.1, -0.05) is 128 Å². The van der Waals surface area contributed by atoms with E-state index in [2.05, 4.69) is 38.1 Å². The Labute approximate surface area is 188 Å². The second-order valence-electron chi connectivity index (χ2n) is 11.0. The Morgan fingerprint density at radius 3 is 1.40 bits per heavy atom. The second-order valence-corrected chi connectivity index (χ2v) is 11.0. The summed E-state index contributed by atoms with van der Waals surface area (Å²) in [6.07, 6.45) is 26.2. The van der Waals surface area contributed by atoms with Crippen LogP contribution in [0.2, 0.25) is 0 Å². The highest BCUT2D eigenvalue weighted by Gasteiger charge is 2.24. The van der Waals surface area contributed by atoms with Crippen molar-refractivity contribution >= 4 is 0 Å². The lowest BCUT2D eigenvalue weighted by molar-refractivity contribution is 0.209. The van der Waals surface area contributed by atoms with Crippen LogP contribution in [0.15, 0.2) is 24.3 Å². The van der Waals surface area contributed by atoms with Gasteiger partial charge in [0.2, 0.25) is 0 Å². The van der Waals surface area contributed by atoms with Gasteiger partial charge in [0, 0.05) is 0 Å². The first kappa shape index (κ1) is 23.9. The van der Waals surface area contributed by atoms with Crippen LogP contribution in [-0.4, -0.2) is 0 Å². The number of unbranched alkanes of at least 4 members (excludes halogenated alkanes) is 2. The average molecular weight is 411 g/mol. The minimum Gasteiger partial charge on any atom is -0.0654 e. The molecule has 0 heterocycles. The third-order valence-electron chi connectivity index (χ3n) is 8.55. The summed E-state index contributed by atoms with van der Waals surface area (Å²) < 4.78 is 0. The summed E-state index contributed by atoms with van der Waals surface area (Å²) in [7, 11) is 0. The molecule has 1 aromatic rings. The highest BCUT2D eigenvalue weighted by atomic mass is 14.3. The molecule has 2 aliphatic carbocycles. The first-order chi connectivity index (χ1) is 14.8. The average Bonchev–Trinajstić information content (AvgIpc) is 2.79. The van der Waals surface area contributed by atoms with E-state index in [1.54, 1.807) is 12.0 Å². The predicted octanol–water partition coefficient (Wildman–Crippen LogP) is 9.54. The summed E-state index contributed by atoms with van der Waals surface area (Å²) in [6.45, 7) is 4.64. The van der Waals surface area contributed by atoms with Crippen LogP contribution < -0.4 is 0 Å². The molecule has 0 radical (unpaired) electrons. The Bertz CT molecular complexity index is 540. The van der Waals surface area contributed by atoms with Crippen molar-refractivity contribution in [2.24, 2.45) is 23.7 Å². The van der Waals surface area contributed by atoms with E-state index in [0.717, 1.165) is 23.7 Å². The van der Waals surface area contributed by atoms with Crippen LogP contribution in [0, 0.1) is 23.7 Å². The van der Waals surface area contributed by atoms with Crippen LogP contribution in [0.5, 0.6) is 0 Å². The van der Waals surface area contributed by atoms with Gasteiger partial charge < -0.3 is 0 Å². The van der Waals surface area contributed by atoms with Gasteiger partial charge in [-0.15, -0.1) is 0 Å². The van der Waals surface area contributed by atoms with Gasteiger partial charge in [-0.25, -0.2) is 0 Å². The first-order valence-corrected chi connectivity index (χ1v) is 13.8. The van der Waals surface area contributed by atoms with Crippen molar-refractivity contribution in [1.82, 2.24) is 0 Å². The maximum Gasteiger partial charge on any atom is -0.0276 e. The van der Waals surface area contributed by atoms with Gasteiger partial charge in [-0.05, 0) is 60.5 Å². The van der Waals surface area contributed by atoms with Crippen LogP contribution in [0.4, 0.5) is 0 Å². The largest absolute Gasteiger partial charge is 0.0654 e.